The number of hydrogen-bond acceptors (Lipinski definition) is 5. The summed E-state index contributed by atoms with van der Waals surface area (Å²) in [6.07, 6.45) is 15.2. The zero-order chi connectivity index (χ0) is 24.3. The van der Waals surface area contributed by atoms with Crippen LogP contribution < -0.4 is 15.4 Å². The van der Waals surface area contributed by atoms with E-state index >= 15 is 0 Å². The molecule has 1 aliphatic rings. The zero-order valence-corrected chi connectivity index (χ0v) is 21.0. The maximum Gasteiger partial charge on any atom is 0.407 e. The summed E-state index contributed by atoms with van der Waals surface area (Å²) in [6, 6.07) is 0.177. The average Bonchev–Trinajstić information content (AvgIpc) is 3.18. The Hall–Kier alpha value is -2.51. The van der Waals surface area contributed by atoms with Crippen molar-refractivity contribution >= 4 is 18.2 Å². The molecule has 1 aliphatic carbocycles. The lowest BCUT2D eigenvalue weighted by Gasteiger charge is -2.21. The highest BCUT2D eigenvalue weighted by Gasteiger charge is 2.23. The second kappa shape index (κ2) is 13.3. The van der Waals surface area contributed by atoms with Gasteiger partial charge in [0.25, 0.3) is 5.91 Å². The molecule has 2 rings (SSSR count). The topological polar surface area (TPSA) is 94.5 Å². The first-order valence-electron chi connectivity index (χ1n) is 12.3. The van der Waals surface area contributed by atoms with Gasteiger partial charge in [-0.2, -0.15) is 5.10 Å². The Kier molecular flexibility index (Phi) is 10.7. The normalized spacial score (nSPS) is 16.5. The predicted octanol–water partition coefficient (Wildman–Crippen LogP) is 5.15. The third kappa shape index (κ3) is 9.48. The number of hydrogen-bond donors (Lipinski definition) is 2. The van der Waals surface area contributed by atoms with E-state index in [1.165, 1.54) is 39.2 Å². The Bertz CT molecular complexity index is 775. The molecule has 1 aromatic rings. The number of methoxy groups -OCH3 is 1. The van der Waals surface area contributed by atoms with Gasteiger partial charge in [0, 0.05) is 12.2 Å². The van der Waals surface area contributed by atoms with Crippen LogP contribution in [0.5, 0.6) is 5.88 Å². The number of rotatable bonds is 8. The molecule has 0 saturated heterocycles. The molecule has 1 heterocycles. The lowest BCUT2D eigenvalue weighted by molar-refractivity contribution is 0.0925. The minimum absolute atomic E-state index is 0.151. The van der Waals surface area contributed by atoms with Gasteiger partial charge in [0.15, 0.2) is 0 Å². The Morgan fingerprint density at radius 2 is 1.76 bits per heavy atom. The van der Waals surface area contributed by atoms with Crippen molar-refractivity contribution in [1.29, 1.82) is 0 Å². The van der Waals surface area contributed by atoms with E-state index in [4.69, 9.17) is 4.74 Å². The van der Waals surface area contributed by atoms with Gasteiger partial charge in [-0.05, 0) is 38.7 Å². The number of aromatic nitrogens is 2. The summed E-state index contributed by atoms with van der Waals surface area (Å²) in [5.74, 6) is 0.553. The van der Waals surface area contributed by atoms with Crippen LogP contribution in [0.2, 0.25) is 0 Å². The van der Waals surface area contributed by atoms with Gasteiger partial charge in [-0.15, -0.1) is 0 Å². The monoisotopic (exact) mass is 462 g/mol. The van der Waals surface area contributed by atoms with Crippen molar-refractivity contribution in [2.45, 2.75) is 97.1 Å². The molecule has 0 bridgehead atoms. The van der Waals surface area contributed by atoms with Crippen molar-refractivity contribution < 1.29 is 19.1 Å². The maximum atomic E-state index is 13.2. The average molecular weight is 463 g/mol. The van der Waals surface area contributed by atoms with Crippen molar-refractivity contribution in [1.82, 2.24) is 20.4 Å². The number of amides is 2. The van der Waals surface area contributed by atoms with E-state index in [0.717, 1.165) is 25.7 Å². The van der Waals surface area contributed by atoms with Crippen LogP contribution in [0.1, 0.15) is 95.8 Å². The smallest absolute Gasteiger partial charge is 0.407 e. The number of alkyl carbamates (subject to hydrolysis) is 1. The SMILES string of the molecule is COC(=O)NC(C)(C)/C=C/n1ncc(C(=O)NC2CCCCCCCCC2)c1OCC(C)C. The van der Waals surface area contributed by atoms with Crippen LogP contribution in [0.15, 0.2) is 12.3 Å². The van der Waals surface area contributed by atoms with E-state index in [2.05, 4.69) is 34.3 Å². The first kappa shape index (κ1) is 26.7. The number of ether oxygens (including phenoxy) is 2. The van der Waals surface area contributed by atoms with Crippen LogP contribution in [-0.2, 0) is 4.74 Å². The van der Waals surface area contributed by atoms with Gasteiger partial charge in [0.05, 0.1) is 25.5 Å². The summed E-state index contributed by atoms with van der Waals surface area (Å²) in [7, 11) is 1.32. The first-order valence-corrected chi connectivity index (χ1v) is 12.3. The van der Waals surface area contributed by atoms with Crippen molar-refractivity contribution in [2.75, 3.05) is 13.7 Å². The summed E-state index contributed by atoms with van der Waals surface area (Å²) >= 11 is 0. The zero-order valence-electron chi connectivity index (χ0n) is 21.0. The molecule has 0 aliphatic heterocycles. The first-order chi connectivity index (χ1) is 15.7. The molecular weight excluding hydrogens is 420 g/mol. The predicted molar refractivity (Wildman–Crippen MR) is 130 cm³/mol. The fourth-order valence-electron chi connectivity index (χ4n) is 3.83. The molecule has 1 saturated carbocycles. The third-order valence-electron chi connectivity index (χ3n) is 5.73. The highest BCUT2D eigenvalue weighted by Crippen LogP contribution is 2.22. The Balaban J connectivity index is 2.17. The molecule has 1 aromatic heterocycles. The minimum Gasteiger partial charge on any atom is -0.477 e. The molecule has 0 unspecified atom stereocenters. The summed E-state index contributed by atoms with van der Waals surface area (Å²) in [5, 5.41) is 10.3. The molecule has 1 fully saturated rings. The van der Waals surface area contributed by atoms with E-state index in [1.807, 2.05) is 13.8 Å². The van der Waals surface area contributed by atoms with Crippen LogP contribution in [0, 0.1) is 5.92 Å². The van der Waals surface area contributed by atoms with Gasteiger partial charge in [-0.25, -0.2) is 9.48 Å². The molecular formula is C25H42N4O4. The summed E-state index contributed by atoms with van der Waals surface area (Å²) in [4.78, 5) is 24.8. The summed E-state index contributed by atoms with van der Waals surface area (Å²) < 4.78 is 12.2. The molecule has 0 aromatic carbocycles. The van der Waals surface area contributed by atoms with E-state index in [9.17, 15) is 9.59 Å². The molecule has 33 heavy (non-hydrogen) atoms. The molecule has 0 spiro atoms. The molecule has 0 atom stereocenters. The molecule has 8 heteroatoms. The fourth-order valence-corrected chi connectivity index (χ4v) is 3.83. The van der Waals surface area contributed by atoms with E-state index in [0.29, 0.717) is 24.0 Å². The lowest BCUT2D eigenvalue weighted by Crippen LogP contribution is -2.41. The number of nitrogens with zero attached hydrogens (tertiary/aromatic N) is 2. The largest absolute Gasteiger partial charge is 0.477 e. The van der Waals surface area contributed by atoms with Crippen molar-refractivity contribution in [3.8, 4) is 5.88 Å². The van der Waals surface area contributed by atoms with Crippen molar-refractivity contribution in [3.05, 3.63) is 17.8 Å². The number of nitrogens with one attached hydrogen (secondary N) is 2. The highest BCUT2D eigenvalue weighted by atomic mass is 16.5. The van der Waals surface area contributed by atoms with Crippen LogP contribution in [0.25, 0.3) is 6.20 Å². The van der Waals surface area contributed by atoms with Gasteiger partial charge >= 0.3 is 6.09 Å². The van der Waals surface area contributed by atoms with Gasteiger partial charge in [-0.1, -0.05) is 58.8 Å². The summed E-state index contributed by atoms with van der Waals surface area (Å²) in [5.41, 5.74) is -0.247. The lowest BCUT2D eigenvalue weighted by atomic mass is 9.97. The molecule has 0 radical (unpaired) electrons. The van der Waals surface area contributed by atoms with Gasteiger partial charge < -0.3 is 20.1 Å². The summed E-state index contributed by atoms with van der Waals surface area (Å²) in [6.45, 7) is 8.25. The molecule has 2 N–H and O–H groups in total. The minimum atomic E-state index is -0.674. The van der Waals surface area contributed by atoms with E-state index in [-0.39, 0.29) is 11.9 Å². The van der Waals surface area contributed by atoms with Gasteiger partial charge in [-0.3, -0.25) is 4.79 Å². The Labute approximate surface area is 198 Å². The van der Waals surface area contributed by atoms with Crippen LogP contribution >= 0.6 is 0 Å². The Morgan fingerprint density at radius 1 is 1.15 bits per heavy atom. The van der Waals surface area contributed by atoms with E-state index < -0.39 is 11.6 Å². The van der Waals surface area contributed by atoms with Crippen molar-refractivity contribution in [2.24, 2.45) is 5.92 Å². The van der Waals surface area contributed by atoms with Gasteiger partial charge in [0.2, 0.25) is 5.88 Å². The van der Waals surface area contributed by atoms with Gasteiger partial charge in [0.1, 0.15) is 5.56 Å². The standard InChI is InChI=1S/C25H42N4O4/c1-19(2)18-33-23-21(17-26-29(23)16-15-25(3,4)28-24(31)32-5)22(30)27-20-13-11-9-7-6-8-10-12-14-20/h15-17,19-20H,6-14,18H2,1-5H3,(H,27,30)(H,28,31)/b16-15+. The fraction of sp³-hybridized carbons (Fsp3) is 0.720. The molecule has 8 nitrogen and oxygen atoms in total. The second-order valence-electron chi connectivity index (χ2n) is 9.89. The Morgan fingerprint density at radius 3 is 2.33 bits per heavy atom. The number of carbonyl (C=O) groups excluding carboxylic acids is 2. The second-order valence-corrected chi connectivity index (χ2v) is 9.89. The third-order valence-corrected chi connectivity index (χ3v) is 5.73. The van der Waals surface area contributed by atoms with E-state index in [1.54, 1.807) is 23.2 Å². The number of carbonyl (C=O) groups is 2. The highest BCUT2D eigenvalue weighted by molar-refractivity contribution is 5.96. The molecule has 186 valence electrons. The van der Waals surface area contributed by atoms with Crippen LogP contribution in [0.3, 0.4) is 0 Å². The maximum absolute atomic E-state index is 13.2. The van der Waals surface area contributed by atoms with Crippen LogP contribution in [0.4, 0.5) is 4.79 Å². The van der Waals surface area contributed by atoms with Crippen LogP contribution in [-0.4, -0.2) is 47.1 Å². The molecule has 2 amide bonds. The van der Waals surface area contributed by atoms with Crippen molar-refractivity contribution in [3.63, 3.8) is 0 Å². The quantitative estimate of drug-likeness (QED) is 0.557.